The van der Waals surface area contributed by atoms with E-state index in [4.69, 9.17) is 5.11 Å². The summed E-state index contributed by atoms with van der Waals surface area (Å²) in [6.07, 6.45) is 0.690. The number of hydrogen-bond donors (Lipinski definition) is 1. The quantitative estimate of drug-likeness (QED) is 0.425. The summed E-state index contributed by atoms with van der Waals surface area (Å²) in [5.74, 6) is -0.339. The van der Waals surface area contributed by atoms with Gasteiger partial charge in [0.2, 0.25) is 0 Å². The smallest absolute Gasteiger partial charge is 1.00 e. The molecule has 0 fully saturated rings. The van der Waals surface area contributed by atoms with Crippen LogP contribution in [0.5, 0.6) is 0 Å². The second kappa shape index (κ2) is 10.1. The maximum Gasteiger partial charge on any atom is 1.00 e. The number of alkyl halides is 1. The predicted molar refractivity (Wildman–Crippen MR) is 39.8 cm³/mol. The Morgan fingerprint density at radius 2 is 1.91 bits per heavy atom. The number of halogens is 2. The summed E-state index contributed by atoms with van der Waals surface area (Å²) in [5, 5.41) is 8.38. The van der Waals surface area contributed by atoms with E-state index >= 15 is 0 Å². The van der Waals surface area contributed by atoms with Crippen LogP contribution in [-0.4, -0.2) is 15.9 Å². The van der Waals surface area contributed by atoms with Crippen molar-refractivity contribution in [3.63, 3.8) is 0 Å². The van der Waals surface area contributed by atoms with Crippen LogP contribution < -0.4 is 68.4 Å². The summed E-state index contributed by atoms with van der Waals surface area (Å²) in [7, 11) is 0. The van der Waals surface area contributed by atoms with Crippen LogP contribution >= 0.6 is 15.9 Å². The van der Waals surface area contributed by atoms with Gasteiger partial charge in [-0.1, -0.05) is 29.8 Å². The van der Waals surface area contributed by atoms with Crippen molar-refractivity contribution in [3.05, 3.63) is 0 Å². The van der Waals surface area contributed by atoms with E-state index in [1.165, 1.54) is 0 Å². The van der Waals surface area contributed by atoms with Gasteiger partial charge in [0.15, 0.2) is 0 Å². The number of hydrogen-bond acceptors (Lipinski definition) is 1. The molecule has 11 heavy (non-hydrogen) atoms. The molecule has 1 N–H and O–H groups in total. The molecule has 0 aromatic rings. The van der Waals surface area contributed by atoms with Crippen LogP contribution in [0.3, 0.4) is 0 Å². The van der Waals surface area contributed by atoms with Gasteiger partial charge in [-0.05, 0) is 12.3 Å². The molecule has 0 saturated heterocycles. The van der Waals surface area contributed by atoms with Gasteiger partial charge in [-0.15, -0.1) is 0 Å². The average Bonchev–Trinajstić information content (AvgIpc) is 1.63. The van der Waals surface area contributed by atoms with E-state index in [0.29, 0.717) is 12.3 Å². The molecule has 0 spiro atoms. The van der Waals surface area contributed by atoms with Crippen molar-refractivity contribution in [2.45, 2.75) is 25.1 Å². The molecule has 5 heteroatoms. The third kappa shape index (κ3) is 12.1. The Morgan fingerprint density at radius 3 is 2.00 bits per heavy atom. The standard InChI is InChI=1S/C6H11BrO2.BrH.K/c1-4(2)3-5(7)6(8)9;;/h4-5H,3H2,1-2H3,(H,8,9);1H;/q;;+1/p-1/t5-;;/m1../s1. The van der Waals surface area contributed by atoms with Gasteiger partial charge in [0.1, 0.15) is 4.83 Å². The molecule has 0 bridgehead atoms. The van der Waals surface area contributed by atoms with Gasteiger partial charge in [0.25, 0.3) is 0 Å². The summed E-state index contributed by atoms with van der Waals surface area (Å²) in [5.41, 5.74) is 0. The number of carboxylic acids is 1. The van der Waals surface area contributed by atoms with E-state index in [-0.39, 0.29) is 73.2 Å². The van der Waals surface area contributed by atoms with Crippen molar-refractivity contribution in [1.82, 2.24) is 0 Å². The molecule has 0 aliphatic rings. The van der Waals surface area contributed by atoms with E-state index in [1.54, 1.807) is 0 Å². The first-order valence-electron chi connectivity index (χ1n) is 2.91. The first-order chi connectivity index (χ1) is 4.04. The van der Waals surface area contributed by atoms with Crippen LogP contribution in [0.1, 0.15) is 20.3 Å². The Morgan fingerprint density at radius 1 is 1.55 bits per heavy atom. The predicted octanol–water partition coefficient (Wildman–Crippen LogP) is -4.11. The molecule has 0 radical (unpaired) electrons. The van der Waals surface area contributed by atoms with E-state index < -0.39 is 5.97 Å². The molecule has 0 aromatic heterocycles. The van der Waals surface area contributed by atoms with E-state index in [2.05, 4.69) is 15.9 Å². The molecule has 0 aromatic carbocycles. The Balaban J connectivity index is -0.000000320. The third-order valence-electron chi connectivity index (χ3n) is 0.946. The topological polar surface area (TPSA) is 37.3 Å². The Labute approximate surface area is 129 Å². The second-order valence-electron chi connectivity index (χ2n) is 2.44. The molecule has 0 aliphatic heterocycles. The zero-order valence-corrected chi connectivity index (χ0v) is 13.3. The summed E-state index contributed by atoms with van der Waals surface area (Å²) < 4.78 is 0. The van der Waals surface area contributed by atoms with Crippen LogP contribution in [-0.2, 0) is 4.79 Å². The van der Waals surface area contributed by atoms with Crippen LogP contribution in [0.15, 0.2) is 0 Å². The normalized spacial score (nSPS) is 11.3. The zero-order chi connectivity index (χ0) is 7.44. The van der Waals surface area contributed by atoms with Crippen molar-refractivity contribution in [1.29, 1.82) is 0 Å². The van der Waals surface area contributed by atoms with Crippen LogP contribution in [0.25, 0.3) is 0 Å². The molecular weight excluding hydrogens is 303 g/mol. The van der Waals surface area contributed by atoms with E-state index in [9.17, 15) is 4.79 Å². The Kier molecular flexibility index (Phi) is 17.3. The minimum Gasteiger partial charge on any atom is -1.00 e. The first-order valence-corrected chi connectivity index (χ1v) is 3.82. The van der Waals surface area contributed by atoms with E-state index in [0.717, 1.165) is 0 Å². The summed E-state index contributed by atoms with van der Waals surface area (Å²) in [6.45, 7) is 3.99. The van der Waals surface area contributed by atoms with Gasteiger partial charge < -0.3 is 22.1 Å². The number of carbonyl (C=O) groups is 1. The fourth-order valence-corrected chi connectivity index (χ4v) is 1.26. The van der Waals surface area contributed by atoms with Crippen molar-refractivity contribution in [2.24, 2.45) is 5.92 Å². The summed E-state index contributed by atoms with van der Waals surface area (Å²) in [6, 6.07) is 0. The third-order valence-corrected chi connectivity index (χ3v) is 1.71. The van der Waals surface area contributed by atoms with Crippen molar-refractivity contribution >= 4 is 21.9 Å². The number of aliphatic carboxylic acids is 1. The summed E-state index contributed by atoms with van der Waals surface area (Å²) >= 11 is 3.04. The average molecular weight is 314 g/mol. The largest absolute Gasteiger partial charge is 1.00 e. The SMILES string of the molecule is CC(C)C[C@@H](Br)C(=O)O.[Br-].[K+]. The van der Waals surface area contributed by atoms with Gasteiger partial charge in [0.05, 0.1) is 0 Å². The Bertz CT molecular complexity index is 109. The molecule has 2 nitrogen and oxygen atoms in total. The minimum absolute atomic E-state index is 0. The number of rotatable bonds is 3. The first kappa shape index (κ1) is 18.8. The van der Waals surface area contributed by atoms with Crippen molar-refractivity contribution in [3.8, 4) is 0 Å². The van der Waals surface area contributed by atoms with Crippen molar-refractivity contribution < 1.29 is 78.3 Å². The van der Waals surface area contributed by atoms with E-state index in [1.807, 2.05) is 13.8 Å². The molecule has 0 heterocycles. The van der Waals surface area contributed by atoms with Crippen molar-refractivity contribution in [2.75, 3.05) is 0 Å². The zero-order valence-electron chi connectivity index (χ0n) is 6.97. The number of carboxylic acid groups (broad SMARTS) is 1. The maximum absolute atomic E-state index is 10.2. The Hall–Kier alpha value is 2.07. The maximum atomic E-state index is 10.2. The van der Waals surface area contributed by atoms with Gasteiger partial charge >= 0.3 is 57.4 Å². The van der Waals surface area contributed by atoms with Gasteiger partial charge in [-0.2, -0.15) is 0 Å². The van der Waals surface area contributed by atoms with Crippen LogP contribution in [0.4, 0.5) is 0 Å². The van der Waals surface area contributed by atoms with Crippen LogP contribution in [0, 0.1) is 5.92 Å². The molecule has 0 aliphatic carbocycles. The molecular formula is C6H11Br2KO2. The molecule has 0 unspecified atom stereocenters. The summed E-state index contributed by atoms with van der Waals surface area (Å²) in [4.78, 5) is 9.81. The fourth-order valence-electron chi connectivity index (χ4n) is 0.515. The molecule has 1 atom stereocenters. The molecule has 0 amide bonds. The fraction of sp³-hybridized carbons (Fsp3) is 0.833. The van der Waals surface area contributed by atoms with Crippen LogP contribution in [0.2, 0.25) is 0 Å². The van der Waals surface area contributed by atoms with Gasteiger partial charge in [0, 0.05) is 0 Å². The molecule has 0 saturated carbocycles. The molecule has 0 rings (SSSR count). The van der Waals surface area contributed by atoms with Gasteiger partial charge in [-0.3, -0.25) is 4.79 Å². The second-order valence-corrected chi connectivity index (χ2v) is 3.54. The van der Waals surface area contributed by atoms with Gasteiger partial charge in [-0.25, -0.2) is 0 Å². The monoisotopic (exact) mass is 312 g/mol. The molecule has 62 valence electrons. The minimum atomic E-state index is -0.774.